The molecule has 0 spiro atoms. The molecule has 0 atom stereocenters. The van der Waals surface area contributed by atoms with Crippen molar-refractivity contribution in [2.75, 3.05) is 13.2 Å². The molecule has 1 aromatic rings. The Labute approximate surface area is 110 Å². The summed E-state index contributed by atoms with van der Waals surface area (Å²) >= 11 is 17.7. The van der Waals surface area contributed by atoms with Crippen molar-refractivity contribution in [3.8, 4) is 5.75 Å². The molecule has 2 nitrogen and oxygen atoms in total. The maximum atomic E-state index is 8.60. The Kier molecular flexibility index (Phi) is 6.29. The van der Waals surface area contributed by atoms with E-state index in [9.17, 15) is 0 Å². The second-order valence-corrected chi connectivity index (χ2v) is 4.58. The lowest BCUT2D eigenvalue weighted by atomic mass is 10.2. The number of rotatable bonds is 6. The van der Waals surface area contributed by atoms with Gasteiger partial charge in [-0.1, -0.05) is 34.8 Å². The third kappa shape index (κ3) is 4.38. The van der Waals surface area contributed by atoms with Crippen molar-refractivity contribution in [2.24, 2.45) is 0 Å². The highest BCUT2D eigenvalue weighted by Crippen LogP contribution is 2.35. The zero-order valence-corrected chi connectivity index (χ0v) is 10.9. The largest absolute Gasteiger partial charge is 0.490 e. The van der Waals surface area contributed by atoms with E-state index in [1.165, 1.54) is 0 Å². The lowest BCUT2D eigenvalue weighted by Crippen LogP contribution is -1.99. The second kappa shape index (κ2) is 7.23. The lowest BCUT2D eigenvalue weighted by molar-refractivity contribution is 0.266. The molecule has 0 amide bonds. The van der Waals surface area contributed by atoms with E-state index >= 15 is 0 Å². The summed E-state index contributed by atoms with van der Waals surface area (Å²) in [6.45, 7) is 0.740. The number of halogens is 3. The molecule has 0 aromatic heterocycles. The van der Waals surface area contributed by atoms with E-state index in [1.54, 1.807) is 12.1 Å². The Hall–Kier alpha value is -0.150. The molecular formula is C11H13Cl3O2. The molecule has 0 aliphatic heterocycles. The average molecular weight is 284 g/mol. The number of ether oxygens (including phenoxy) is 1. The minimum absolute atomic E-state index is 0.211. The highest BCUT2D eigenvalue weighted by atomic mass is 35.5. The van der Waals surface area contributed by atoms with Crippen LogP contribution in [0.15, 0.2) is 12.1 Å². The van der Waals surface area contributed by atoms with Gasteiger partial charge in [0.25, 0.3) is 0 Å². The van der Waals surface area contributed by atoms with Gasteiger partial charge in [-0.3, -0.25) is 0 Å². The van der Waals surface area contributed by atoms with E-state index in [0.717, 1.165) is 19.3 Å². The first-order chi connectivity index (χ1) is 7.65. The first-order valence-electron chi connectivity index (χ1n) is 5.03. The van der Waals surface area contributed by atoms with Crippen LogP contribution in [-0.2, 0) is 0 Å². The maximum Gasteiger partial charge on any atom is 0.156 e. The number of hydrogen-bond acceptors (Lipinski definition) is 2. The fourth-order valence-electron chi connectivity index (χ4n) is 1.23. The molecule has 0 saturated heterocycles. The fourth-order valence-corrected chi connectivity index (χ4v) is 2.16. The van der Waals surface area contributed by atoms with Gasteiger partial charge >= 0.3 is 0 Å². The van der Waals surface area contributed by atoms with Crippen LogP contribution in [0.1, 0.15) is 19.3 Å². The van der Waals surface area contributed by atoms with E-state index in [-0.39, 0.29) is 6.61 Å². The van der Waals surface area contributed by atoms with Crippen LogP contribution >= 0.6 is 34.8 Å². The van der Waals surface area contributed by atoms with Crippen molar-refractivity contribution < 1.29 is 9.84 Å². The van der Waals surface area contributed by atoms with Gasteiger partial charge in [-0.2, -0.15) is 0 Å². The summed E-state index contributed by atoms with van der Waals surface area (Å²) in [7, 11) is 0. The molecular weight excluding hydrogens is 270 g/mol. The number of hydrogen-bond donors (Lipinski definition) is 1. The van der Waals surface area contributed by atoms with E-state index in [0.29, 0.717) is 27.4 Å². The standard InChI is InChI=1S/C11H13Cl3O2/c12-8-6-9(13)11(10(14)7-8)16-5-3-1-2-4-15/h6-7,15H,1-5H2. The molecule has 0 unspecified atom stereocenters. The van der Waals surface area contributed by atoms with Crippen LogP contribution < -0.4 is 4.74 Å². The maximum absolute atomic E-state index is 8.60. The summed E-state index contributed by atoms with van der Waals surface area (Å²) in [6.07, 6.45) is 2.56. The third-order valence-electron chi connectivity index (χ3n) is 2.01. The lowest BCUT2D eigenvalue weighted by Gasteiger charge is -2.09. The molecule has 0 saturated carbocycles. The van der Waals surface area contributed by atoms with Gasteiger partial charge in [-0.25, -0.2) is 0 Å². The van der Waals surface area contributed by atoms with Crippen LogP contribution in [-0.4, -0.2) is 18.3 Å². The minimum atomic E-state index is 0.211. The van der Waals surface area contributed by atoms with E-state index in [2.05, 4.69) is 0 Å². The summed E-state index contributed by atoms with van der Waals surface area (Å²) in [4.78, 5) is 0. The Morgan fingerprint density at radius 2 is 1.62 bits per heavy atom. The molecule has 16 heavy (non-hydrogen) atoms. The molecule has 1 aromatic carbocycles. The number of benzene rings is 1. The van der Waals surface area contributed by atoms with Gasteiger partial charge in [0.15, 0.2) is 5.75 Å². The van der Waals surface area contributed by atoms with E-state index < -0.39 is 0 Å². The quantitative estimate of drug-likeness (QED) is 0.793. The average Bonchev–Trinajstić information content (AvgIpc) is 2.20. The summed E-state index contributed by atoms with van der Waals surface area (Å²) < 4.78 is 5.46. The Balaban J connectivity index is 2.47. The highest BCUT2D eigenvalue weighted by molar-refractivity contribution is 6.40. The van der Waals surface area contributed by atoms with Crippen LogP contribution in [0.25, 0.3) is 0 Å². The van der Waals surface area contributed by atoms with Gasteiger partial charge in [0.05, 0.1) is 16.7 Å². The molecule has 0 aliphatic rings. The van der Waals surface area contributed by atoms with Crippen molar-refractivity contribution >= 4 is 34.8 Å². The van der Waals surface area contributed by atoms with Crippen LogP contribution in [0.4, 0.5) is 0 Å². The van der Waals surface area contributed by atoms with Gasteiger partial charge in [-0.15, -0.1) is 0 Å². The number of aliphatic hydroxyl groups is 1. The number of aliphatic hydroxyl groups excluding tert-OH is 1. The zero-order valence-electron chi connectivity index (χ0n) is 8.68. The molecule has 0 heterocycles. The van der Waals surface area contributed by atoms with Gasteiger partial charge in [-0.05, 0) is 31.4 Å². The second-order valence-electron chi connectivity index (χ2n) is 3.33. The fraction of sp³-hybridized carbons (Fsp3) is 0.455. The molecule has 1 rings (SSSR count). The SMILES string of the molecule is OCCCCCOc1c(Cl)cc(Cl)cc1Cl. The van der Waals surface area contributed by atoms with Crippen LogP contribution in [0.5, 0.6) is 5.75 Å². The zero-order chi connectivity index (χ0) is 12.0. The number of unbranched alkanes of at least 4 members (excludes halogenated alkanes) is 2. The smallest absolute Gasteiger partial charge is 0.156 e. The van der Waals surface area contributed by atoms with E-state index in [1.807, 2.05) is 0 Å². The minimum Gasteiger partial charge on any atom is -0.490 e. The van der Waals surface area contributed by atoms with Crippen LogP contribution in [0.3, 0.4) is 0 Å². The third-order valence-corrected chi connectivity index (χ3v) is 2.79. The van der Waals surface area contributed by atoms with Crippen LogP contribution in [0, 0.1) is 0 Å². The predicted octanol–water partition coefficient (Wildman–Crippen LogP) is 4.19. The Morgan fingerprint density at radius 1 is 1.00 bits per heavy atom. The molecule has 0 radical (unpaired) electrons. The molecule has 90 valence electrons. The first-order valence-corrected chi connectivity index (χ1v) is 6.16. The van der Waals surface area contributed by atoms with Crippen LogP contribution in [0.2, 0.25) is 15.1 Å². The summed E-state index contributed by atoms with van der Waals surface area (Å²) in [5.41, 5.74) is 0. The molecule has 1 N–H and O–H groups in total. The van der Waals surface area contributed by atoms with Crippen molar-refractivity contribution in [3.05, 3.63) is 27.2 Å². The highest BCUT2D eigenvalue weighted by Gasteiger charge is 2.08. The Morgan fingerprint density at radius 3 is 2.19 bits per heavy atom. The predicted molar refractivity (Wildman–Crippen MR) is 67.9 cm³/mol. The topological polar surface area (TPSA) is 29.5 Å². The van der Waals surface area contributed by atoms with Gasteiger partial charge in [0, 0.05) is 11.6 Å². The first kappa shape index (κ1) is 13.9. The van der Waals surface area contributed by atoms with Gasteiger partial charge in [0.1, 0.15) is 0 Å². The molecule has 0 bridgehead atoms. The molecule has 5 heteroatoms. The summed E-state index contributed by atoms with van der Waals surface area (Å²) in [5.74, 6) is 0.469. The normalized spacial score (nSPS) is 10.5. The summed E-state index contributed by atoms with van der Waals surface area (Å²) in [6, 6.07) is 3.19. The van der Waals surface area contributed by atoms with Crippen molar-refractivity contribution in [3.63, 3.8) is 0 Å². The monoisotopic (exact) mass is 282 g/mol. The van der Waals surface area contributed by atoms with Crippen molar-refractivity contribution in [1.29, 1.82) is 0 Å². The van der Waals surface area contributed by atoms with Crippen molar-refractivity contribution in [2.45, 2.75) is 19.3 Å². The van der Waals surface area contributed by atoms with Crippen molar-refractivity contribution in [1.82, 2.24) is 0 Å². The van der Waals surface area contributed by atoms with E-state index in [4.69, 9.17) is 44.6 Å². The van der Waals surface area contributed by atoms with Gasteiger partial charge in [0.2, 0.25) is 0 Å². The molecule has 0 fully saturated rings. The molecule has 0 aliphatic carbocycles. The Bertz CT molecular complexity index is 319. The summed E-state index contributed by atoms with van der Waals surface area (Å²) in [5, 5.41) is 9.92. The van der Waals surface area contributed by atoms with Gasteiger partial charge < -0.3 is 9.84 Å².